The van der Waals surface area contributed by atoms with E-state index in [0.29, 0.717) is 12.8 Å². The first-order valence-electron chi connectivity index (χ1n) is 7.86. The molecule has 0 amide bonds. The number of halogens is 3. The summed E-state index contributed by atoms with van der Waals surface area (Å²) in [5.41, 5.74) is 0.164. The number of rotatable bonds is 6. The first-order chi connectivity index (χ1) is 11.8. The largest absolute Gasteiger partial charge is 0.459 e. The Morgan fingerprint density at radius 1 is 1.27 bits per heavy atom. The zero-order valence-electron chi connectivity index (χ0n) is 13.9. The molecule has 0 aromatic carbocycles. The molecule has 0 saturated heterocycles. The van der Waals surface area contributed by atoms with E-state index in [9.17, 15) is 31.2 Å². The molecule has 2 bridgehead atoms. The molecule has 2 aliphatic rings. The van der Waals surface area contributed by atoms with Gasteiger partial charge in [0.2, 0.25) is 6.10 Å². The monoisotopic (exact) mass is 400 g/mol. The van der Waals surface area contributed by atoms with Crippen LogP contribution in [-0.4, -0.2) is 49.0 Å². The van der Waals surface area contributed by atoms with Gasteiger partial charge in [-0.2, -0.15) is 21.6 Å². The molecule has 0 radical (unpaired) electrons. The highest BCUT2D eigenvalue weighted by Gasteiger charge is 2.53. The average Bonchev–Trinajstić information content (AvgIpc) is 3.03. The Morgan fingerprint density at radius 2 is 1.88 bits per heavy atom. The Kier molecular flexibility index (Phi) is 5.71. The van der Waals surface area contributed by atoms with E-state index in [-0.39, 0.29) is 17.9 Å². The Hall–Kier alpha value is -1.62. The van der Waals surface area contributed by atoms with Crippen LogP contribution >= 0.6 is 0 Å². The van der Waals surface area contributed by atoms with E-state index < -0.39 is 58.0 Å². The van der Waals surface area contributed by atoms with Crippen LogP contribution in [0.5, 0.6) is 0 Å². The topological polar surface area (TPSA) is 107 Å². The van der Waals surface area contributed by atoms with Crippen LogP contribution in [0, 0.1) is 17.8 Å². The Balaban J connectivity index is 2.07. The number of carbonyl (C=O) groups is 2. The second kappa shape index (κ2) is 7.18. The molecule has 2 fully saturated rings. The molecule has 2 saturated carbocycles. The minimum atomic E-state index is -5.14. The van der Waals surface area contributed by atoms with Crippen LogP contribution in [0.4, 0.5) is 13.2 Å². The maximum absolute atomic E-state index is 12.9. The summed E-state index contributed by atoms with van der Waals surface area (Å²) >= 11 is 0. The number of alkyl halides is 3. The highest BCUT2D eigenvalue weighted by Crippen LogP contribution is 2.50. The van der Waals surface area contributed by atoms with Crippen molar-refractivity contribution < 1.29 is 45.2 Å². The molecule has 0 spiro atoms. The lowest BCUT2D eigenvalue weighted by Gasteiger charge is -2.29. The van der Waals surface area contributed by atoms with Gasteiger partial charge in [-0.05, 0) is 32.1 Å². The third kappa shape index (κ3) is 4.97. The van der Waals surface area contributed by atoms with Gasteiger partial charge in [0.1, 0.15) is 11.9 Å². The van der Waals surface area contributed by atoms with Crippen molar-refractivity contribution in [1.82, 2.24) is 0 Å². The van der Waals surface area contributed by atoms with Gasteiger partial charge in [-0.15, -0.1) is 0 Å². The van der Waals surface area contributed by atoms with Crippen LogP contribution in [0.15, 0.2) is 12.2 Å². The fourth-order valence-corrected chi connectivity index (χ4v) is 4.18. The smallest absolute Gasteiger partial charge is 0.426 e. The normalized spacial score (nSPS) is 29.3. The number of esters is 2. The highest BCUT2D eigenvalue weighted by atomic mass is 32.2. The van der Waals surface area contributed by atoms with Crippen molar-refractivity contribution in [2.75, 3.05) is 5.75 Å². The number of hydrogen-bond acceptors (Lipinski definition) is 6. The molecule has 5 unspecified atom stereocenters. The summed E-state index contributed by atoms with van der Waals surface area (Å²) in [5.74, 6) is -5.03. The molecule has 7 nitrogen and oxygen atoms in total. The lowest BCUT2D eigenvalue weighted by atomic mass is 9.86. The van der Waals surface area contributed by atoms with Crippen molar-refractivity contribution in [2.45, 2.75) is 44.6 Å². The van der Waals surface area contributed by atoms with Gasteiger partial charge in [-0.25, -0.2) is 4.79 Å². The van der Waals surface area contributed by atoms with Crippen LogP contribution in [0.1, 0.15) is 26.2 Å². The van der Waals surface area contributed by atoms with Crippen molar-refractivity contribution in [1.29, 1.82) is 0 Å². The zero-order valence-corrected chi connectivity index (χ0v) is 14.7. The Bertz CT molecular complexity index is 701. The molecule has 0 aliphatic heterocycles. The summed E-state index contributed by atoms with van der Waals surface area (Å²) in [4.78, 5) is 23.8. The summed E-state index contributed by atoms with van der Waals surface area (Å²) < 4.78 is 78.4. The van der Waals surface area contributed by atoms with E-state index in [0.717, 1.165) is 0 Å². The zero-order chi connectivity index (χ0) is 19.9. The molecule has 1 N–H and O–H groups in total. The van der Waals surface area contributed by atoms with E-state index in [1.54, 1.807) is 0 Å². The predicted molar refractivity (Wildman–Crippen MR) is 81.4 cm³/mol. The lowest BCUT2D eigenvalue weighted by Crippen LogP contribution is -2.42. The van der Waals surface area contributed by atoms with Crippen molar-refractivity contribution in [3.63, 3.8) is 0 Å². The second-order valence-corrected chi connectivity index (χ2v) is 8.28. The van der Waals surface area contributed by atoms with E-state index >= 15 is 0 Å². The molecule has 0 aromatic rings. The SMILES string of the molecule is C=C(C)C(=O)OC1CC2CC(C(=O)OC(CS(=O)(=O)O)C(F)(F)F)C1C2. The number of fused-ring (bicyclic) bond motifs is 2. The first kappa shape index (κ1) is 20.7. The van der Waals surface area contributed by atoms with Crippen LogP contribution in [0.3, 0.4) is 0 Å². The molecule has 0 heterocycles. The van der Waals surface area contributed by atoms with Crippen molar-refractivity contribution in [2.24, 2.45) is 17.8 Å². The lowest BCUT2D eigenvalue weighted by molar-refractivity contribution is -0.219. The van der Waals surface area contributed by atoms with Gasteiger partial charge in [-0.1, -0.05) is 6.58 Å². The minimum Gasteiger partial charge on any atom is -0.459 e. The number of carbonyl (C=O) groups excluding carboxylic acids is 2. The van der Waals surface area contributed by atoms with Gasteiger partial charge in [0.25, 0.3) is 10.1 Å². The quantitative estimate of drug-likeness (QED) is 0.412. The predicted octanol–water partition coefficient (Wildman–Crippen LogP) is 1.88. The van der Waals surface area contributed by atoms with Gasteiger partial charge in [0.05, 0.1) is 5.92 Å². The van der Waals surface area contributed by atoms with E-state index in [1.165, 1.54) is 6.92 Å². The van der Waals surface area contributed by atoms with Crippen LogP contribution in [-0.2, 0) is 29.2 Å². The van der Waals surface area contributed by atoms with Crippen LogP contribution in [0.2, 0.25) is 0 Å². The summed E-state index contributed by atoms with van der Waals surface area (Å²) in [6.07, 6.45) is -7.44. The molecular weight excluding hydrogens is 381 g/mol. The second-order valence-electron chi connectivity index (χ2n) is 6.78. The van der Waals surface area contributed by atoms with Gasteiger partial charge < -0.3 is 9.47 Å². The summed E-state index contributed by atoms with van der Waals surface area (Å²) in [6.45, 7) is 4.89. The third-order valence-electron chi connectivity index (χ3n) is 4.65. The number of hydrogen-bond donors (Lipinski definition) is 1. The molecule has 148 valence electrons. The van der Waals surface area contributed by atoms with Crippen molar-refractivity contribution in [3.8, 4) is 0 Å². The van der Waals surface area contributed by atoms with Gasteiger partial charge in [0.15, 0.2) is 0 Å². The van der Waals surface area contributed by atoms with E-state index in [1.807, 2.05) is 0 Å². The van der Waals surface area contributed by atoms with Crippen LogP contribution in [0.25, 0.3) is 0 Å². The van der Waals surface area contributed by atoms with E-state index in [4.69, 9.17) is 9.29 Å². The Labute approximate surface area is 148 Å². The van der Waals surface area contributed by atoms with Crippen molar-refractivity contribution in [3.05, 3.63) is 12.2 Å². The fraction of sp³-hybridized carbons (Fsp3) is 0.733. The summed E-state index contributed by atoms with van der Waals surface area (Å²) in [5, 5.41) is 0. The molecule has 26 heavy (non-hydrogen) atoms. The maximum Gasteiger partial charge on any atom is 0.426 e. The molecule has 11 heteroatoms. The maximum atomic E-state index is 12.9. The standard InChI is InChI=1S/C15H19F3O7S/c1-7(2)13(19)24-11-5-8-3-9(11)10(4-8)14(20)25-12(15(16,17)18)6-26(21,22)23/h8-12H,1,3-6H2,2H3,(H,21,22,23). The molecule has 2 aliphatic carbocycles. The third-order valence-corrected chi connectivity index (χ3v) is 5.37. The molecule has 5 atom stereocenters. The van der Waals surface area contributed by atoms with Gasteiger partial charge in [-0.3, -0.25) is 9.35 Å². The van der Waals surface area contributed by atoms with Crippen molar-refractivity contribution >= 4 is 22.1 Å². The molecular formula is C15H19F3O7S. The van der Waals surface area contributed by atoms with Crippen LogP contribution < -0.4 is 0 Å². The van der Waals surface area contributed by atoms with Gasteiger partial charge >= 0.3 is 18.1 Å². The Morgan fingerprint density at radius 3 is 2.35 bits per heavy atom. The first-order valence-corrected chi connectivity index (χ1v) is 9.47. The summed E-state index contributed by atoms with van der Waals surface area (Å²) in [6, 6.07) is 0. The van der Waals surface area contributed by atoms with Gasteiger partial charge in [0, 0.05) is 11.5 Å². The number of ether oxygens (including phenoxy) is 2. The fourth-order valence-electron chi connectivity index (χ4n) is 3.54. The summed E-state index contributed by atoms with van der Waals surface area (Å²) in [7, 11) is -5.00. The minimum absolute atomic E-state index is 0.00591. The molecule has 2 rings (SSSR count). The average molecular weight is 400 g/mol. The van der Waals surface area contributed by atoms with E-state index in [2.05, 4.69) is 11.3 Å². The molecule has 0 aromatic heterocycles. The highest BCUT2D eigenvalue weighted by molar-refractivity contribution is 7.85.